The van der Waals surface area contributed by atoms with Crippen molar-refractivity contribution in [2.24, 2.45) is 4.99 Å². The van der Waals surface area contributed by atoms with E-state index in [2.05, 4.69) is 58.3 Å². The largest absolute Gasteiger partial charge is 0.333 e. The maximum absolute atomic E-state index is 13.6. The highest BCUT2D eigenvalue weighted by molar-refractivity contribution is 6.23. The van der Waals surface area contributed by atoms with E-state index in [1.165, 1.54) is 35.2 Å². The summed E-state index contributed by atoms with van der Waals surface area (Å²) in [6.07, 6.45) is 0. The molecule has 0 aliphatic carbocycles. The normalized spacial score (nSPS) is 20.2. The molecule has 0 radical (unpaired) electrons. The molecule has 1 unspecified atom stereocenters. The molecule has 6 rings (SSSR count). The molecular weight excluding hydrogens is 519 g/mol. The van der Waals surface area contributed by atoms with Gasteiger partial charge in [0.15, 0.2) is 0 Å². The van der Waals surface area contributed by atoms with Crippen LogP contribution in [0.15, 0.2) is 89.9 Å². The highest BCUT2D eigenvalue weighted by Gasteiger charge is 2.53. The van der Waals surface area contributed by atoms with Gasteiger partial charge in [-0.1, -0.05) is 72.8 Å². The third-order valence-electron chi connectivity index (χ3n) is 8.25. The van der Waals surface area contributed by atoms with Crippen LogP contribution in [0.4, 0.5) is 9.18 Å². The van der Waals surface area contributed by atoms with Crippen LogP contribution in [0.3, 0.4) is 0 Å². The van der Waals surface area contributed by atoms with Crippen LogP contribution in [0.25, 0.3) is 0 Å². The van der Waals surface area contributed by atoms with Gasteiger partial charge < -0.3 is 0 Å². The minimum absolute atomic E-state index is 0.171. The molecule has 2 fully saturated rings. The first-order valence-corrected chi connectivity index (χ1v) is 14.0. The Kier molecular flexibility index (Phi) is 7.47. The first-order chi connectivity index (χ1) is 19.9. The van der Waals surface area contributed by atoms with Crippen molar-refractivity contribution in [3.63, 3.8) is 0 Å². The van der Waals surface area contributed by atoms with Crippen molar-refractivity contribution in [3.05, 3.63) is 107 Å². The van der Waals surface area contributed by atoms with Crippen molar-refractivity contribution < 1.29 is 18.6 Å². The number of hydrogen-bond donors (Lipinski definition) is 0. The van der Waals surface area contributed by atoms with Crippen molar-refractivity contribution >= 4 is 23.6 Å². The number of carbonyl (C=O) groups is 2. The molecule has 3 aromatic rings. The van der Waals surface area contributed by atoms with Crippen LogP contribution < -0.4 is 0 Å². The number of rotatable bonds is 7. The summed E-state index contributed by atoms with van der Waals surface area (Å²) in [5.41, 5.74) is 3.41. The van der Waals surface area contributed by atoms with Crippen molar-refractivity contribution in [3.8, 4) is 0 Å². The van der Waals surface area contributed by atoms with Crippen molar-refractivity contribution in [2.75, 3.05) is 46.8 Å². The van der Waals surface area contributed by atoms with E-state index in [0.29, 0.717) is 18.9 Å². The van der Waals surface area contributed by atoms with Gasteiger partial charge in [0.1, 0.15) is 18.9 Å². The summed E-state index contributed by atoms with van der Waals surface area (Å²) >= 11 is 0. The molecular formula is C32H34FN6O2+. The number of hydrogen-bond acceptors (Lipinski definition) is 5. The van der Waals surface area contributed by atoms with E-state index in [9.17, 15) is 14.0 Å². The Morgan fingerprint density at radius 1 is 0.829 bits per heavy atom. The van der Waals surface area contributed by atoms with E-state index >= 15 is 0 Å². The zero-order valence-corrected chi connectivity index (χ0v) is 23.4. The third-order valence-corrected chi connectivity index (χ3v) is 8.25. The first kappa shape index (κ1) is 27.0. The second-order valence-corrected chi connectivity index (χ2v) is 10.8. The van der Waals surface area contributed by atoms with Gasteiger partial charge in [-0.2, -0.15) is 0 Å². The third kappa shape index (κ3) is 5.30. The summed E-state index contributed by atoms with van der Waals surface area (Å²) in [6.45, 7) is 4.36. The van der Waals surface area contributed by atoms with Crippen LogP contribution in [-0.4, -0.2) is 101 Å². The first-order valence-electron chi connectivity index (χ1n) is 14.0. The van der Waals surface area contributed by atoms with E-state index in [1.807, 2.05) is 16.7 Å². The average molecular weight is 554 g/mol. The number of aliphatic imine (C=N–C) groups is 1. The van der Waals surface area contributed by atoms with Gasteiger partial charge in [-0.05, 0) is 33.8 Å². The molecule has 1 atom stereocenters. The minimum Gasteiger partial charge on any atom is -0.290 e. The predicted octanol–water partition coefficient (Wildman–Crippen LogP) is 3.45. The Morgan fingerprint density at radius 3 is 2.00 bits per heavy atom. The van der Waals surface area contributed by atoms with Gasteiger partial charge in [0.2, 0.25) is 0 Å². The number of benzene rings is 3. The zero-order chi connectivity index (χ0) is 28.5. The van der Waals surface area contributed by atoms with Crippen LogP contribution in [0.1, 0.15) is 22.7 Å². The maximum Gasteiger partial charge on any atom is 0.333 e. The second kappa shape index (κ2) is 11.3. The van der Waals surface area contributed by atoms with E-state index in [0.717, 1.165) is 42.5 Å². The second-order valence-electron chi connectivity index (χ2n) is 10.8. The number of nitrogens with zero attached hydrogens (tertiary/aromatic N) is 6. The number of fused-ring (bicyclic) bond motifs is 1. The van der Waals surface area contributed by atoms with Crippen LogP contribution in [0, 0.1) is 5.82 Å². The number of carbonyl (C=O) groups excluding carboxylic acids is 2. The fourth-order valence-electron chi connectivity index (χ4n) is 6.01. The van der Waals surface area contributed by atoms with Crippen LogP contribution in [-0.2, 0) is 11.3 Å². The fourth-order valence-corrected chi connectivity index (χ4v) is 6.01. The molecule has 3 aliphatic rings. The van der Waals surface area contributed by atoms with Gasteiger partial charge >= 0.3 is 11.9 Å². The number of urea groups is 1. The number of amides is 3. The van der Waals surface area contributed by atoms with E-state index < -0.39 is 12.1 Å². The Labute approximate surface area is 239 Å². The lowest BCUT2D eigenvalue weighted by Crippen LogP contribution is -2.61. The smallest absolute Gasteiger partial charge is 0.290 e. The Bertz CT molecular complexity index is 1440. The monoisotopic (exact) mass is 553 g/mol. The summed E-state index contributed by atoms with van der Waals surface area (Å²) < 4.78 is 15.6. The summed E-state index contributed by atoms with van der Waals surface area (Å²) in [6, 6.07) is 26.6. The predicted molar refractivity (Wildman–Crippen MR) is 155 cm³/mol. The number of likely N-dealkylation sites (N-methyl/N-ethyl adjacent to an activating group) is 2. The number of piperazine rings is 1. The lowest BCUT2D eigenvalue weighted by molar-refractivity contribution is -0.552. The molecule has 3 heterocycles. The van der Waals surface area contributed by atoms with Crippen molar-refractivity contribution in [1.29, 1.82) is 0 Å². The minimum atomic E-state index is -0.690. The maximum atomic E-state index is 13.6. The lowest BCUT2D eigenvalue weighted by Gasteiger charge is -2.39. The van der Waals surface area contributed by atoms with E-state index in [1.54, 1.807) is 19.2 Å². The number of halogens is 1. The Morgan fingerprint density at radius 2 is 1.41 bits per heavy atom. The molecule has 8 nitrogen and oxygen atoms in total. The molecule has 3 aliphatic heterocycles. The molecule has 0 bridgehead atoms. The Hall–Kier alpha value is -4.21. The summed E-state index contributed by atoms with van der Waals surface area (Å²) in [7, 11) is 3.16. The molecule has 0 N–H and O–H groups in total. The zero-order valence-electron chi connectivity index (χ0n) is 23.4. The topological polar surface area (TPSA) is 62.5 Å². The van der Waals surface area contributed by atoms with Gasteiger partial charge in [-0.3, -0.25) is 24.4 Å². The molecule has 210 valence electrons. The van der Waals surface area contributed by atoms with Crippen LogP contribution in [0.2, 0.25) is 0 Å². The van der Waals surface area contributed by atoms with Crippen molar-refractivity contribution in [2.45, 2.75) is 18.6 Å². The molecule has 0 spiro atoms. The van der Waals surface area contributed by atoms with Gasteiger partial charge in [-0.15, -0.1) is 0 Å². The van der Waals surface area contributed by atoms with Gasteiger partial charge in [0.25, 0.3) is 17.8 Å². The summed E-state index contributed by atoms with van der Waals surface area (Å²) in [4.78, 5) is 38.3. The van der Waals surface area contributed by atoms with E-state index in [-0.39, 0.29) is 17.8 Å². The van der Waals surface area contributed by atoms with Crippen LogP contribution >= 0.6 is 0 Å². The van der Waals surface area contributed by atoms with Gasteiger partial charge in [0, 0.05) is 40.3 Å². The van der Waals surface area contributed by atoms with E-state index in [4.69, 9.17) is 4.99 Å². The molecule has 41 heavy (non-hydrogen) atoms. The molecule has 3 aromatic carbocycles. The molecule has 2 saturated heterocycles. The standard InChI is InChI=1S/C32H34FN6O2/c1-35-30-29(31(40)36(2)32(35)41)39(21-23-13-15-26(33)16-14-23)27(34-30)22-37-17-19-38(20-18-37)28(24-9-5-3-6-10-24)25-11-7-4-8-12-25/h3-16,28-29H,17-22H2,1-2H3/q+1. The van der Waals surface area contributed by atoms with Gasteiger partial charge in [0.05, 0.1) is 6.04 Å². The highest BCUT2D eigenvalue weighted by Crippen LogP contribution is 2.30. The number of amidine groups is 2. The average Bonchev–Trinajstić information content (AvgIpc) is 3.35. The van der Waals surface area contributed by atoms with Crippen molar-refractivity contribution in [1.82, 2.24) is 19.6 Å². The number of imide groups is 1. The Balaban J connectivity index is 1.24. The highest BCUT2D eigenvalue weighted by atomic mass is 19.1. The molecule has 3 amide bonds. The SMILES string of the molecule is CN1C(=O)C2C(=NC(CN3CCN(C(c4ccccc4)c4ccccc4)CC3)=[N+]2Cc2ccc(F)cc2)N(C)C1=O. The lowest BCUT2D eigenvalue weighted by atomic mass is 9.96. The quantitative estimate of drug-likeness (QED) is 0.421. The molecule has 0 saturated carbocycles. The fraction of sp³-hybridized carbons (Fsp3) is 0.312. The summed E-state index contributed by atoms with van der Waals surface area (Å²) in [5, 5.41) is 0. The molecule has 9 heteroatoms. The summed E-state index contributed by atoms with van der Waals surface area (Å²) in [5.74, 6) is 0.579. The van der Waals surface area contributed by atoms with Crippen LogP contribution in [0.5, 0.6) is 0 Å². The van der Waals surface area contributed by atoms with Gasteiger partial charge in [-0.25, -0.2) is 13.8 Å². The molecule has 0 aromatic heterocycles.